The number of amides is 2. The highest BCUT2D eigenvalue weighted by atomic mass is 32.3. The van der Waals surface area contributed by atoms with Crippen molar-refractivity contribution in [1.82, 2.24) is 0 Å². The number of carbonyl (C=O) groups excluding carboxylic acids is 1. The van der Waals surface area contributed by atoms with Crippen LogP contribution in [0.1, 0.15) is 21.5 Å². The first-order chi connectivity index (χ1) is 26.5. The van der Waals surface area contributed by atoms with Gasteiger partial charge in [-0.05, 0) is 67.4 Å². The van der Waals surface area contributed by atoms with Gasteiger partial charge in [0.15, 0.2) is 21.3 Å². The maximum atomic E-state index is 12.8. The fourth-order valence-electron chi connectivity index (χ4n) is 4.72. The van der Waals surface area contributed by atoms with Crippen LogP contribution in [0.3, 0.4) is 0 Å². The number of hydrogen-bond donors (Lipinski definition) is 7. The number of sulfone groups is 1. The van der Waals surface area contributed by atoms with Gasteiger partial charge in [0.2, 0.25) is 0 Å². The smallest absolute Gasteiger partial charge is 0.397 e. The third kappa shape index (κ3) is 11.1. The maximum absolute atomic E-state index is 12.8. The number of hydrogen-bond acceptors (Lipinski definition) is 18. The molecule has 0 aliphatic rings. The Balaban J connectivity index is 1.70. The lowest BCUT2D eigenvalue weighted by atomic mass is 10.1. The number of nitrogens with two attached hydrogens (primary N) is 1. The second-order valence-corrected chi connectivity index (χ2v) is 15.9. The summed E-state index contributed by atoms with van der Waals surface area (Å²) in [6.45, 7) is 2.08. The van der Waals surface area contributed by atoms with Crippen molar-refractivity contribution in [2.75, 3.05) is 24.8 Å². The lowest BCUT2D eigenvalue weighted by Crippen LogP contribution is -2.19. The van der Waals surface area contributed by atoms with E-state index in [1.54, 1.807) is 0 Å². The zero-order chi connectivity index (χ0) is 42.5. The number of urea groups is 1. The van der Waals surface area contributed by atoms with Crippen molar-refractivity contribution in [2.45, 2.75) is 23.6 Å². The van der Waals surface area contributed by atoms with Crippen molar-refractivity contribution in [2.24, 2.45) is 36.4 Å². The molecule has 0 atom stereocenters. The number of primary amides is 1. The van der Waals surface area contributed by atoms with E-state index < -0.39 is 93.7 Å². The summed E-state index contributed by atoms with van der Waals surface area (Å²) in [7, 11) is -12.6. The Kier molecular flexibility index (Phi) is 13.0. The van der Waals surface area contributed by atoms with Gasteiger partial charge in [-0.1, -0.05) is 6.07 Å². The number of azo groups is 3. The van der Waals surface area contributed by atoms with E-state index in [9.17, 15) is 54.7 Å². The highest BCUT2D eigenvalue weighted by molar-refractivity contribution is 7.91. The lowest BCUT2D eigenvalue weighted by molar-refractivity contribution is 0.0696. The molecule has 4 aromatic carbocycles. The number of carboxylic acid groups (broad SMARTS) is 1. The molecule has 0 radical (unpaired) electrons. The lowest BCUT2D eigenvalue weighted by Gasteiger charge is -2.12. The summed E-state index contributed by atoms with van der Waals surface area (Å²) in [6, 6.07) is 9.43. The van der Waals surface area contributed by atoms with Crippen LogP contribution < -0.4 is 15.8 Å². The zero-order valence-electron chi connectivity index (χ0n) is 29.4. The van der Waals surface area contributed by atoms with Crippen molar-refractivity contribution >= 4 is 82.2 Å². The normalized spacial score (nSPS) is 12.4. The molecule has 0 unspecified atom stereocenters. The molecule has 26 heteroatoms. The summed E-state index contributed by atoms with van der Waals surface area (Å²) in [5.41, 5.74) is 3.02. The molecule has 8 N–H and O–H groups in total. The van der Waals surface area contributed by atoms with Gasteiger partial charge in [0.25, 0.3) is 10.1 Å². The topological polar surface area (TPSA) is 368 Å². The number of phenolic OH excluding ortho intramolecular Hbond substituents is 2. The number of phenols is 2. The van der Waals surface area contributed by atoms with Crippen LogP contribution in [0, 0.1) is 13.8 Å². The fraction of sp³-hybridized carbons (Fsp3) is 0.161. The van der Waals surface area contributed by atoms with Crippen LogP contribution in [0.15, 0.2) is 95.1 Å². The molecule has 0 bridgehead atoms. The number of methoxy groups -OCH3 is 1. The van der Waals surface area contributed by atoms with Gasteiger partial charge in [0, 0.05) is 6.07 Å². The van der Waals surface area contributed by atoms with Gasteiger partial charge < -0.3 is 31.1 Å². The molecule has 4 aromatic rings. The quantitative estimate of drug-likeness (QED) is 0.0533. The molecule has 0 aliphatic heterocycles. The summed E-state index contributed by atoms with van der Waals surface area (Å²) in [5, 5.41) is 56.6. The number of benzene rings is 4. The maximum Gasteiger partial charge on any atom is 0.397 e. The molecule has 0 aliphatic carbocycles. The molecule has 0 fully saturated rings. The Morgan fingerprint density at radius 1 is 0.772 bits per heavy atom. The van der Waals surface area contributed by atoms with Gasteiger partial charge >= 0.3 is 22.4 Å². The van der Waals surface area contributed by atoms with Crippen LogP contribution in [0.2, 0.25) is 0 Å². The third-order valence-corrected chi connectivity index (χ3v) is 10.4. The van der Waals surface area contributed by atoms with Gasteiger partial charge in [-0.25, -0.2) is 22.2 Å². The summed E-state index contributed by atoms with van der Waals surface area (Å²) >= 11 is 0. The van der Waals surface area contributed by atoms with Gasteiger partial charge in [-0.15, -0.1) is 25.6 Å². The Labute approximate surface area is 322 Å². The van der Waals surface area contributed by atoms with Gasteiger partial charge in [0.1, 0.15) is 39.1 Å². The minimum absolute atomic E-state index is 0.0113. The molecule has 0 spiro atoms. The number of aromatic carboxylic acids is 1. The molecule has 4 rings (SSSR count). The Morgan fingerprint density at radius 2 is 1.40 bits per heavy atom. The van der Waals surface area contributed by atoms with Crippen LogP contribution in [0.25, 0.3) is 0 Å². The second kappa shape index (κ2) is 17.1. The molecule has 0 saturated carbocycles. The predicted molar refractivity (Wildman–Crippen MR) is 197 cm³/mol. The van der Waals surface area contributed by atoms with Crippen molar-refractivity contribution in [3.8, 4) is 17.2 Å². The Bertz CT molecular complexity index is 2700. The number of anilines is 1. The average molecular weight is 851 g/mol. The molecule has 57 heavy (non-hydrogen) atoms. The first-order valence-electron chi connectivity index (χ1n) is 15.4. The summed E-state index contributed by atoms with van der Waals surface area (Å²) in [5.74, 6) is -4.50. The minimum atomic E-state index is -4.87. The van der Waals surface area contributed by atoms with Crippen molar-refractivity contribution in [3.63, 3.8) is 0 Å². The first kappa shape index (κ1) is 43.3. The van der Waals surface area contributed by atoms with E-state index in [4.69, 9.17) is 15.0 Å². The average Bonchev–Trinajstić information content (AvgIpc) is 3.09. The van der Waals surface area contributed by atoms with E-state index in [1.165, 1.54) is 57.4 Å². The van der Waals surface area contributed by atoms with E-state index in [0.717, 1.165) is 12.1 Å². The third-order valence-electron chi connectivity index (χ3n) is 7.27. The minimum Gasteiger partial charge on any atom is -0.505 e. The van der Waals surface area contributed by atoms with E-state index in [2.05, 4.69) is 40.2 Å². The van der Waals surface area contributed by atoms with E-state index in [1.807, 2.05) is 0 Å². The molecule has 23 nitrogen and oxygen atoms in total. The first-order valence-corrected chi connectivity index (χ1v) is 19.9. The van der Waals surface area contributed by atoms with Crippen LogP contribution in [-0.4, -0.2) is 81.1 Å². The Morgan fingerprint density at radius 3 is 2.02 bits per heavy atom. The van der Waals surface area contributed by atoms with Gasteiger partial charge in [0.05, 0.1) is 41.3 Å². The number of carbonyl (C=O) groups is 2. The number of aromatic hydroxyl groups is 2. The molecule has 302 valence electrons. The summed E-state index contributed by atoms with van der Waals surface area (Å²) in [6.07, 6.45) is 0. The molecular formula is C31H30N8O15S3. The molecular weight excluding hydrogens is 821 g/mol. The second-order valence-electron chi connectivity index (χ2n) is 11.4. The molecule has 2 amide bonds. The number of aryl methyl sites for hydroxylation is 2. The number of nitrogens with one attached hydrogen (secondary N) is 1. The number of nitrogens with zero attached hydrogens (tertiary/aromatic N) is 6. The van der Waals surface area contributed by atoms with Crippen molar-refractivity contribution < 1.29 is 68.2 Å². The fourth-order valence-corrected chi connectivity index (χ4v) is 7.19. The Hall–Kier alpha value is -6.45. The zero-order valence-corrected chi connectivity index (χ0v) is 31.9. The predicted octanol–water partition coefficient (Wildman–Crippen LogP) is 6.00. The number of rotatable bonds is 15. The standard InChI is InChI=1S/C31H30N8O15S3/c1-15-4-6-20(26(10-15)56(47,48)49)36-38-27-18(30(42)43)13-23(40)28(29(27)41)39-34-17-5-7-19(21(12-17)33-31(32)44)35-37-22-11-16(2)25(14-24(22)53-3)55(45,46)9-8-54-57(50,51)52/h4-7,10-14,40-41H,8-9H2,1-3H3,(H,42,43)(H3,32,33,44)(H,47,48,49)(H,50,51,52). The summed E-state index contributed by atoms with van der Waals surface area (Å²) < 4.78 is 98.7. The van der Waals surface area contributed by atoms with E-state index >= 15 is 0 Å². The molecule has 0 saturated heterocycles. The molecule has 0 aromatic heterocycles. The van der Waals surface area contributed by atoms with Crippen molar-refractivity contribution in [1.29, 1.82) is 0 Å². The van der Waals surface area contributed by atoms with Gasteiger partial charge in [-0.2, -0.15) is 21.9 Å². The van der Waals surface area contributed by atoms with Crippen LogP contribution in [-0.2, 0) is 34.5 Å². The van der Waals surface area contributed by atoms with Gasteiger partial charge in [-0.3, -0.25) is 9.11 Å². The van der Waals surface area contributed by atoms with Crippen molar-refractivity contribution in [3.05, 3.63) is 71.3 Å². The van der Waals surface area contributed by atoms with E-state index in [-0.39, 0.29) is 39.0 Å². The van der Waals surface area contributed by atoms with Crippen LogP contribution >= 0.6 is 0 Å². The number of carboxylic acids is 1. The largest absolute Gasteiger partial charge is 0.505 e. The summed E-state index contributed by atoms with van der Waals surface area (Å²) in [4.78, 5) is 22.9. The van der Waals surface area contributed by atoms with E-state index in [0.29, 0.717) is 11.6 Å². The highest BCUT2D eigenvalue weighted by Gasteiger charge is 2.24. The van der Waals surface area contributed by atoms with Crippen LogP contribution in [0.5, 0.6) is 17.2 Å². The number of ether oxygens (including phenoxy) is 1. The monoisotopic (exact) mass is 850 g/mol. The highest BCUT2D eigenvalue weighted by Crippen LogP contribution is 2.47. The molecule has 0 heterocycles. The van der Waals surface area contributed by atoms with Crippen LogP contribution in [0.4, 0.5) is 44.6 Å². The SMILES string of the molecule is COc1cc(S(=O)(=O)CCOS(=O)(=O)O)c(C)cc1N=Nc1ccc(N=Nc2c(O)cc(C(=O)O)c(N=Nc3ccc(C)cc3S(=O)(=O)O)c2O)cc1NC(N)=O.